The summed E-state index contributed by atoms with van der Waals surface area (Å²) < 4.78 is 0. The maximum Gasteiger partial charge on any atom is 0.225 e. The molecule has 3 heterocycles. The van der Waals surface area contributed by atoms with Gasteiger partial charge in [0.1, 0.15) is 11.6 Å². The van der Waals surface area contributed by atoms with Gasteiger partial charge < -0.3 is 15.5 Å². The molecule has 7 heteroatoms. The SMILES string of the molecule is N#C/C(=C1/Nc2ccccc2S1)c1ccnc(N2CCNCC2)n1. The predicted molar refractivity (Wildman–Crippen MR) is 95.6 cm³/mol. The van der Waals surface area contributed by atoms with E-state index in [1.165, 1.54) is 0 Å². The smallest absolute Gasteiger partial charge is 0.225 e. The molecule has 0 amide bonds. The Morgan fingerprint density at radius 2 is 2.04 bits per heavy atom. The van der Waals surface area contributed by atoms with Crippen molar-refractivity contribution in [3.8, 4) is 6.07 Å². The number of hydrogen-bond acceptors (Lipinski definition) is 7. The summed E-state index contributed by atoms with van der Waals surface area (Å²) in [5, 5.41) is 17.1. The molecular formula is C17H16N6S. The summed E-state index contributed by atoms with van der Waals surface area (Å²) in [5.74, 6) is 0.683. The van der Waals surface area contributed by atoms with Crippen LogP contribution in [0.1, 0.15) is 5.69 Å². The molecular weight excluding hydrogens is 320 g/mol. The first-order chi connectivity index (χ1) is 11.8. The van der Waals surface area contributed by atoms with Crippen molar-refractivity contribution in [1.29, 1.82) is 5.26 Å². The molecule has 0 unspecified atom stereocenters. The first-order valence-corrected chi connectivity index (χ1v) is 8.64. The molecule has 24 heavy (non-hydrogen) atoms. The maximum atomic E-state index is 9.67. The van der Waals surface area contributed by atoms with Gasteiger partial charge in [-0.15, -0.1) is 0 Å². The van der Waals surface area contributed by atoms with Crippen LogP contribution in [-0.4, -0.2) is 36.1 Å². The molecule has 2 N–H and O–H groups in total. The van der Waals surface area contributed by atoms with Gasteiger partial charge in [-0.2, -0.15) is 5.26 Å². The van der Waals surface area contributed by atoms with E-state index in [9.17, 15) is 5.26 Å². The third kappa shape index (κ3) is 2.82. The standard InChI is InChI=1S/C17H16N6S/c18-11-12(16-21-14-3-1-2-4-15(14)24-16)13-5-6-20-17(22-13)23-9-7-19-8-10-23/h1-6,19,21H,7-10H2/b16-12+. The Kier molecular flexibility index (Phi) is 4.07. The lowest BCUT2D eigenvalue weighted by Crippen LogP contribution is -2.44. The molecule has 120 valence electrons. The van der Waals surface area contributed by atoms with Crippen LogP contribution in [0, 0.1) is 11.3 Å². The van der Waals surface area contributed by atoms with Gasteiger partial charge in [0, 0.05) is 37.3 Å². The minimum atomic E-state index is 0.551. The number of rotatable bonds is 2. The molecule has 2 aliphatic rings. The molecule has 0 aliphatic carbocycles. The zero-order valence-corrected chi connectivity index (χ0v) is 13.8. The molecule has 0 spiro atoms. The van der Waals surface area contributed by atoms with Gasteiger partial charge in [0.2, 0.25) is 5.95 Å². The third-order valence-electron chi connectivity index (χ3n) is 3.98. The van der Waals surface area contributed by atoms with Crippen molar-refractivity contribution < 1.29 is 0 Å². The molecule has 1 saturated heterocycles. The molecule has 0 radical (unpaired) electrons. The highest BCUT2D eigenvalue weighted by Gasteiger charge is 2.21. The van der Waals surface area contributed by atoms with Crippen LogP contribution in [0.2, 0.25) is 0 Å². The zero-order valence-electron chi connectivity index (χ0n) is 13.0. The second-order valence-electron chi connectivity index (χ2n) is 5.52. The summed E-state index contributed by atoms with van der Waals surface area (Å²) in [6.07, 6.45) is 1.73. The van der Waals surface area contributed by atoms with Gasteiger partial charge in [-0.1, -0.05) is 23.9 Å². The molecule has 1 fully saturated rings. The molecule has 0 saturated carbocycles. The number of fused-ring (bicyclic) bond motifs is 1. The van der Waals surface area contributed by atoms with Crippen molar-refractivity contribution in [3.05, 3.63) is 47.3 Å². The highest BCUT2D eigenvalue weighted by Crippen LogP contribution is 2.43. The molecule has 6 nitrogen and oxygen atoms in total. The van der Waals surface area contributed by atoms with E-state index in [1.807, 2.05) is 24.3 Å². The summed E-state index contributed by atoms with van der Waals surface area (Å²) in [6.45, 7) is 3.60. The molecule has 4 rings (SSSR count). The van der Waals surface area contributed by atoms with E-state index in [1.54, 1.807) is 24.0 Å². The van der Waals surface area contributed by atoms with Gasteiger partial charge in [-0.05, 0) is 18.2 Å². The van der Waals surface area contributed by atoms with Crippen LogP contribution in [0.25, 0.3) is 5.57 Å². The quantitative estimate of drug-likeness (QED) is 0.815. The lowest BCUT2D eigenvalue weighted by Gasteiger charge is -2.27. The number of nitrogens with zero attached hydrogens (tertiary/aromatic N) is 4. The third-order valence-corrected chi connectivity index (χ3v) is 5.07. The second kappa shape index (κ2) is 6.51. The van der Waals surface area contributed by atoms with Crippen LogP contribution in [-0.2, 0) is 0 Å². The van der Waals surface area contributed by atoms with Gasteiger partial charge in [-0.3, -0.25) is 0 Å². The van der Waals surface area contributed by atoms with Crippen molar-refractivity contribution in [2.24, 2.45) is 0 Å². The molecule has 2 aliphatic heterocycles. The summed E-state index contributed by atoms with van der Waals surface area (Å²) in [4.78, 5) is 12.3. The minimum Gasteiger partial charge on any atom is -0.348 e. The van der Waals surface area contributed by atoms with E-state index in [2.05, 4.69) is 31.6 Å². The Bertz CT molecular complexity index is 808. The first kappa shape index (κ1) is 15.0. The fraction of sp³-hybridized carbons (Fsp3) is 0.235. The number of hydrogen-bond donors (Lipinski definition) is 2. The normalized spacial score (nSPS) is 18.5. The molecule has 2 aromatic rings. The second-order valence-corrected chi connectivity index (χ2v) is 6.57. The average Bonchev–Trinajstić information content (AvgIpc) is 3.07. The topological polar surface area (TPSA) is 76.9 Å². The zero-order chi connectivity index (χ0) is 16.4. The number of nitriles is 1. The number of anilines is 2. The van der Waals surface area contributed by atoms with Crippen LogP contribution in [0.4, 0.5) is 11.6 Å². The van der Waals surface area contributed by atoms with E-state index < -0.39 is 0 Å². The summed E-state index contributed by atoms with van der Waals surface area (Å²) in [7, 11) is 0. The summed E-state index contributed by atoms with van der Waals surface area (Å²) >= 11 is 1.57. The van der Waals surface area contributed by atoms with Gasteiger partial charge in [-0.25, -0.2) is 9.97 Å². The highest BCUT2D eigenvalue weighted by molar-refractivity contribution is 8.04. The van der Waals surface area contributed by atoms with Crippen molar-refractivity contribution >= 4 is 29.0 Å². The Hall–Kier alpha value is -2.56. The van der Waals surface area contributed by atoms with Crippen molar-refractivity contribution in [3.63, 3.8) is 0 Å². The Morgan fingerprint density at radius 3 is 2.83 bits per heavy atom. The van der Waals surface area contributed by atoms with Crippen LogP contribution >= 0.6 is 11.8 Å². The number of allylic oxidation sites excluding steroid dienone is 1. The summed E-state index contributed by atoms with van der Waals surface area (Å²) in [6, 6.07) is 12.1. The first-order valence-electron chi connectivity index (χ1n) is 7.82. The minimum absolute atomic E-state index is 0.551. The molecule has 0 bridgehead atoms. The van der Waals surface area contributed by atoms with Crippen molar-refractivity contribution in [2.75, 3.05) is 36.4 Å². The van der Waals surface area contributed by atoms with E-state index in [4.69, 9.17) is 0 Å². The van der Waals surface area contributed by atoms with Crippen LogP contribution in [0.15, 0.2) is 46.5 Å². The molecule has 1 aromatic carbocycles. The van der Waals surface area contributed by atoms with E-state index >= 15 is 0 Å². The fourth-order valence-electron chi connectivity index (χ4n) is 2.76. The average molecular weight is 336 g/mol. The Balaban J connectivity index is 1.67. The number of piperazine rings is 1. The monoisotopic (exact) mass is 336 g/mol. The fourth-order valence-corrected chi connectivity index (χ4v) is 3.77. The van der Waals surface area contributed by atoms with E-state index in [0.29, 0.717) is 17.2 Å². The van der Waals surface area contributed by atoms with Crippen LogP contribution in [0.3, 0.4) is 0 Å². The van der Waals surface area contributed by atoms with Gasteiger partial charge in [0.05, 0.1) is 16.4 Å². The predicted octanol–water partition coefficient (Wildman–Crippen LogP) is 2.30. The number of benzene rings is 1. The van der Waals surface area contributed by atoms with E-state index in [-0.39, 0.29) is 0 Å². The van der Waals surface area contributed by atoms with Crippen LogP contribution < -0.4 is 15.5 Å². The van der Waals surface area contributed by atoms with Gasteiger partial charge in [0.25, 0.3) is 0 Å². The Labute approximate surface area is 144 Å². The highest BCUT2D eigenvalue weighted by atomic mass is 32.2. The Morgan fingerprint density at radius 1 is 1.21 bits per heavy atom. The summed E-state index contributed by atoms with van der Waals surface area (Å²) in [5.41, 5.74) is 2.24. The molecule has 0 atom stereocenters. The molecule has 1 aromatic heterocycles. The van der Waals surface area contributed by atoms with Crippen molar-refractivity contribution in [2.45, 2.75) is 4.90 Å². The maximum absolute atomic E-state index is 9.67. The number of nitrogens with one attached hydrogen (secondary N) is 2. The lowest BCUT2D eigenvalue weighted by molar-refractivity contribution is 0.579. The lowest BCUT2D eigenvalue weighted by atomic mass is 10.2. The number of aromatic nitrogens is 2. The van der Waals surface area contributed by atoms with Gasteiger partial charge in [0.15, 0.2) is 0 Å². The number of para-hydroxylation sites is 1. The van der Waals surface area contributed by atoms with E-state index in [0.717, 1.165) is 41.8 Å². The van der Waals surface area contributed by atoms with Gasteiger partial charge >= 0.3 is 0 Å². The van der Waals surface area contributed by atoms with Crippen LogP contribution in [0.5, 0.6) is 0 Å². The largest absolute Gasteiger partial charge is 0.348 e. The number of thioether (sulfide) groups is 1. The van der Waals surface area contributed by atoms with Crippen molar-refractivity contribution in [1.82, 2.24) is 15.3 Å².